The maximum Gasteiger partial charge on any atom is 0.407 e. The number of rotatable bonds is 3. The molecule has 7 nitrogen and oxygen atoms in total. The Balaban J connectivity index is 1.86. The number of amides is 1. The zero-order valence-corrected chi connectivity index (χ0v) is 12.3. The normalized spacial score (nSPS) is 38.0. The Morgan fingerprint density at radius 3 is 2.24 bits per heavy atom. The Morgan fingerprint density at radius 1 is 1.00 bits per heavy atom. The first-order valence-electron chi connectivity index (χ1n) is 7.57. The summed E-state index contributed by atoms with van der Waals surface area (Å²) in [6, 6.07) is 0.112. The molecular weight excluding hydrogens is 278 g/mol. The van der Waals surface area contributed by atoms with Gasteiger partial charge in [0.25, 0.3) is 0 Å². The summed E-state index contributed by atoms with van der Waals surface area (Å²) >= 11 is 0. The molecule has 0 aromatic rings. The maximum atomic E-state index is 11.9. The van der Waals surface area contributed by atoms with Crippen molar-refractivity contribution in [1.82, 2.24) is 5.32 Å². The zero-order chi connectivity index (χ0) is 15.4. The molecule has 2 saturated carbocycles. The molecule has 2 fully saturated rings. The summed E-state index contributed by atoms with van der Waals surface area (Å²) in [5.74, 6) is 0. The van der Waals surface area contributed by atoms with E-state index in [1.165, 1.54) is 13.5 Å². The fraction of sp³-hybridized carbons (Fsp3) is 0.929. The van der Waals surface area contributed by atoms with Gasteiger partial charge in [-0.3, -0.25) is 0 Å². The van der Waals surface area contributed by atoms with Crippen molar-refractivity contribution < 1.29 is 29.6 Å². The number of hydrogen-bond donors (Lipinski definition) is 4. The molecule has 7 heteroatoms. The highest BCUT2D eigenvalue weighted by Gasteiger charge is 2.44. The van der Waals surface area contributed by atoms with Crippen LogP contribution in [0.5, 0.6) is 0 Å². The first-order valence-corrected chi connectivity index (χ1v) is 7.57. The SMILES string of the molecule is CO[C@H]1C[C@@H](OC(=O)NC2CCCCC2)[C@@H](O)[C@H](O)[C@H]1O. The summed E-state index contributed by atoms with van der Waals surface area (Å²) in [4.78, 5) is 11.9. The highest BCUT2D eigenvalue weighted by Crippen LogP contribution is 2.25. The second kappa shape index (κ2) is 7.40. The number of hydrogen-bond acceptors (Lipinski definition) is 6. The van der Waals surface area contributed by atoms with Crippen LogP contribution in [-0.2, 0) is 9.47 Å². The summed E-state index contributed by atoms with van der Waals surface area (Å²) in [5, 5.41) is 32.2. The van der Waals surface area contributed by atoms with Gasteiger partial charge in [0.15, 0.2) is 0 Å². The Bertz CT molecular complexity index is 344. The summed E-state index contributed by atoms with van der Waals surface area (Å²) in [7, 11) is 1.40. The lowest BCUT2D eigenvalue weighted by Crippen LogP contribution is -2.58. The van der Waals surface area contributed by atoms with Gasteiger partial charge in [0.05, 0.1) is 6.10 Å². The third-order valence-corrected chi connectivity index (χ3v) is 4.41. The van der Waals surface area contributed by atoms with Gasteiger partial charge in [0.2, 0.25) is 0 Å². The number of ether oxygens (including phenoxy) is 2. The average Bonchev–Trinajstić information content (AvgIpc) is 2.49. The Hall–Kier alpha value is -0.890. The molecule has 0 radical (unpaired) electrons. The van der Waals surface area contributed by atoms with Crippen LogP contribution in [-0.4, -0.2) is 65.1 Å². The lowest BCUT2D eigenvalue weighted by molar-refractivity contribution is -0.183. The molecule has 2 rings (SSSR count). The van der Waals surface area contributed by atoms with Crippen LogP contribution in [0.3, 0.4) is 0 Å². The fourth-order valence-electron chi connectivity index (χ4n) is 3.09. The van der Waals surface area contributed by atoms with Crippen molar-refractivity contribution in [3.8, 4) is 0 Å². The van der Waals surface area contributed by atoms with Gasteiger partial charge in [0.1, 0.15) is 24.4 Å². The van der Waals surface area contributed by atoms with E-state index in [1.54, 1.807) is 0 Å². The van der Waals surface area contributed by atoms with Gasteiger partial charge in [-0.25, -0.2) is 4.79 Å². The minimum atomic E-state index is -1.39. The molecule has 0 spiro atoms. The molecule has 4 N–H and O–H groups in total. The standard InChI is InChI=1S/C14H25NO6/c1-20-9-7-10(12(17)13(18)11(9)16)21-14(19)15-8-5-3-2-4-6-8/h8-13,16-18H,2-7H2,1H3,(H,15,19)/t9-,10+,11-,12+,13+/m0/s1. The van der Waals surface area contributed by atoms with E-state index < -0.39 is 36.6 Å². The van der Waals surface area contributed by atoms with E-state index in [1.807, 2.05) is 0 Å². The zero-order valence-electron chi connectivity index (χ0n) is 12.3. The molecule has 0 saturated heterocycles. The van der Waals surface area contributed by atoms with Crippen LogP contribution in [0.25, 0.3) is 0 Å². The van der Waals surface area contributed by atoms with Crippen LogP contribution < -0.4 is 5.32 Å². The fourth-order valence-corrected chi connectivity index (χ4v) is 3.09. The molecular formula is C14H25NO6. The van der Waals surface area contributed by atoms with E-state index in [0.717, 1.165) is 25.7 Å². The van der Waals surface area contributed by atoms with Gasteiger partial charge in [-0.1, -0.05) is 19.3 Å². The number of carbonyl (C=O) groups is 1. The molecule has 0 bridgehead atoms. The van der Waals surface area contributed by atoms with Crippen LogP contribution in [0.2, 0.25) is 0 Å². The minimum Gasteiger partial charge on any atom is -0.443 e. The van der Waals surface area contributed by atoms with Crippen molar-refractivity contribution in [2.24, 2.45) is 0 Å². The molecule has 0 aromatic carbocycles. The minimum absolute atomic E-state index is 0.112. The topological polar surface area (TPSA) is 108 Å². The van der Waals surface area contributed by atoms with Gasteiger partial charge in [-0.15, -0.1) is 0 Å². The van der Waals surface area contributed by atoms with Crippen molar-refractivity contribution >= 4 is 6.09 Å². The monoisotopic (exact) mass is 303 g/mol. The number of alkyl carbamates (subject to hydrolysis) is 1. The summed E-state index contributed by atoms with van der Waals surface area (Å²) < 4.78 is 10.3. The Labute approximate surface area is 124 Å². The lowest BCUT2D eigenvalue weighted by Gasteiger charge is -2.39. The van der Waals surface area contributed by atoms with Gasteiger partial charge >= 0.3 is 6.09 Å². The van der Waals surface area contributed by atoms with E-state index in [9.17, 15) is 20.1 Å². The third kappa shape index (κ3) is 4.06. The molecule has 0 aliphatic heterocycles. The predicted octanol–water partition coefficient (Wildman–Crippen LogP) is -0.0847. The molecule has 0 aromatic heterocycles. The first-order chi connectivity index (χ1) is 10.0. The number of nitrogens with one attached hydrogen (secondary N) is 1. The van der Waals surface area contributed by atoms with Crippen molar-refractivity contribution in [3.05, 3.63) is 0 Å². The molecule has 0 unspecified atom stereocenters. The number of carbonyl (C=O) groups excluding carboxylic acids is 1. The molecule has 0 heterocycles. The summed E-state index contributed by atoms with van der Waals surface area (Å²) in [5.41, 5.74) is 0. The van der Waals surface area contributed by atoms with Crippen LogP contribution in [0.15, 0.2) is 0 Å². The highest BCUT2D eigenvalue weighted by molar-refractivity contribution is 5.67. The van der Waals surface area contributed by atoms with Crippen molar-refractivity contribution in [2.75, 3.05) is 7.11 Å². The van der Waals surface area contributed by atoms with Gasteiger partial charge in [-0.05, 0) is 12.8 Å². The van der Waals surface area contributed by atoms with Crippen LogP contribution in [0.1, 0.15) is 38.5 Å². The van der Waals surface area contributed by atoms with Crippen LogP contribution in [0.4, 0.5) is 4.79 Å². The Kier molecular flexibility index (Phi) is 5.80. The molecule has 5 atom stereocenters. The van der Waals surface area contributed by atoms with Crippen molar-refractivity contribution in [3.63, 3.8) is 0 Å². The number of methoxy groups -OCH3 is 1. The predicted molar refractivity (Wildman–Crippen MR) is 73.7 cm³/mol. The van der Waals surface area contributed by atoms with Gasteiger partial charge < -0.3 is 30.1 Å². The maximum absolute atomic E-state index is 11.9. The summed E-state index contributed by atoms with van der Waals surface area (Å²) in [6.07, 6.45) is -0.666. The van der Waals surface area contributed by atoms with Gasteiger partial charge in [0, 0.05) is 19.6 Å². The lowest BCUT2D eigenvalue weighted by atomic mass is 9.87. The second-order valence-corrected chi connectivity index (χ2v) is 5.90. The molecule has 2 aliphatic carbocycles. The van der Waals surface area contributed by atoms with E-state index in [4.69, 9.17) is 9.47 Å². The molecule has 122 valence electrons. The third-order valence-electron chi connectivity index (χ3n) is 4.41. The molecule has 2 aliphatic rings. The Morgan fingerprint density at radius 2 is 1.62 bits per heavy atom. The molecule has 1 amide bonds. The largest absolute Gasteiger partial charge is 0.443 e. The van der Waals surface area contributed by atoms with Crippen LogP contribution >= 0.6 is 0 Å². The first kappa shape index (κ1) is 16.5. The van der Waals surface area contributed by atoms with E-state index >= 15 is 0 Å². The van der Waals surface area contributed by atoms with E-state index in [2.05, 4.69) is 5.32 Å². The summed E-state index contributed by atoms with van der Waals surface area (Å²) in [6.45, 7) is 0. The van der Waals surface area contributed by atoms with Crippen molar-refractivity contribution in [1.29, 1.82) is 0 Å². The number of aliphatic hydroxyl groups excluding tert-OH is 3. The smallest absolute Gasteiger partial charge is 0.407 e. The van der Waals surface area contributed by atoms with E-state index in [0.29, 0.717) is 0 Å². The van der Waals surface area contributed by atoms with E-state index in [-0.39, 0.29) is 12.5 Å². The quantitative estimate of drug-likeness (QED) is 0.580. The molecule has 21 heavy (non-hydrogen) atoms. The highest BCUT2D eigenvalue weighted by atomic mass is 16.6. The number of aliphatic hydroxyl groups is 3. The second-order valence-electron chi connectivity index (χ2n) is 5.90. The van der Waals surface area contributed by atoms with Gasteiger partial charge in [-0.2, -0.15) is 0 Å². The van der Waals surface area contributed by atoms with Crippen molar-refractivity contribution in [2.45, 2.75) is 75.1 Å². The average molecular weight is 303 g/mol. The van der Waals surface area contributed by atoms with Crippen LogP contribution in [0, 0.1) is 0 Å².